The Morgan fingerprint density at radius 1 is 1.25 bits per heavy atom. The van der Waals surface area contributed by atoms with E-state index in [9.17, 15) is 4.79 Å². The van der Waals surface area contributed by atoms with E-state index < -0.39 is 0 Å². The number of piperidine rings is 1. The minimum Gasteiger partial charge on any atom is -0.495 e. The predicted octanol–water partition coefficient (Wildman–Crippen LogP) is 3.95. The van der Waals surface area contributed by atoms with E-state index in [1.54, 1.807) is 25.3 Å². The molecular formula is C19H21ClN2O2. The molecule has 0 radical (unpaired) electrons. The zero-order valence-corrected chi connectivity index (χ0v) is 14.4. The lowest BCUT2D eigenvalue weighted by atomic mass is 10.0. The number of halogens is 1. The summed E-state index contributed by atoms with van der Waals surface area (Å²) >= 11 is 6.07. The summed E-state index contributed by atoms with van der Waals surface area (Å²) in [7, 11) is 1.61. The highest BCUT2D eigenvalue weighted by atomic mass is 35.5. The zero-order valence-electron chi connectivity index (χ0n) is 13.7. The van der Waals surface area contributed by atoms with Gasteiger partial charge in [-0.3, -0.25) is 4.79 Å². The number of hydrogen-bond donors (Lipinski definition) is 1. The summed E-state index contributed by atoms with van der Waals surface area (Å²) in [6.07, 6.45) is 1.78. The maximum absolute atomic E-state index is 12.8. The average molecular weight is 345 g/mol. The van der Waals surface area contributed by atoms with Crippen molar-refractivity contribution in [2.45, 2.75) is 25.4 Å². The molecule has 1 saturated heterocycles. The van der Waals surface area contributed by atoms with Crippen molar-refractivity contribution >= 4 is 23.2 Å². The first kappa shape index (κ1) is 16.7. The molecule has 0 saturated carbocycles. The summed E-state index contributed by atoms with van der Waals surface area (Å²) in [5.74, 6) is 0.805. The van der Waals surface area contributed by atoms with Gasteiger partial charge < -0.3 is 15.0 Å². The second-order valence-electron chi connectivity index (χ2n) is 5.93. The number of anilines is 1. The molecule has 1 aliphatic heterocycles. The minimum atomic E-state index is -0.255. The van der Waals surface area contributed by atoms with Gasteiger partial charge in [0, 0.05) is 18.1 Å². The summed E-state index contributed by atoms with van der Waals surface area (Å²) in [6.45, 7) is 1.43. The maximum Gasteiger partial charge on any atom is 0.245 e. The van der Waals surface area contributed by atoms with E-state index in [1.807, 2.05) is 35.2 Å². The van der Waals surface area contributed by atoms with Gasteiger partial charge in [-0.05, 0) is 36.6 Å². The van der Waals surface area contributed by atoms with Crippen LogP contribution in [0.1, 0.15) is 18.4 Å². The van der Waals surface area contributed by atoms with Crippen LogP contribution in [0.4, 0.5) is 5.69 Å². The van der Waals surface area contributed by atoms with Gasteiger partial charge in [-0.25, -0.2) is 0 Å². The number of carbonyl (C=O) groups is 1. The first-order chi connectivity index (χ1) is 11.7. The number of hydrogen-bond acceptors (Lipinski definition) is 3. The molecule has 1 N–H and O–H groups in total. The van der Waals surface area contributed by atoms with E-state index in [0.717, 1.165) is 30.6 Å². The second-order valence-corrected chi connectivity index (χ2v) is 6.37. The van der Waals surface area contributed by atoms with Gasteiger partial charge in [0.25, 0.3) is 0 Å². The molecule has 126 valence electrons. The third-order valence-corrected chi connectivity index (χ3v) is 4.47. The first-order valence-corrected chi connectivity index (χ1v) is 8.48. The molecule has 0 spiro atoms. The number of rotatable bonds is 5. The second kappa shape index (κ2) is 7.58. The van der Waals surface area contributed by atoms with Crippen molar-refractivity contribution in [3.8, 4) is 5.75 Å². The summed E-state index contributed by atoms with van der Waals surface area (Å²) in [5, 5.41) is 3.92. The Labute approximate surface area is 147 Å². The number of ether oxygens (including phenoxy) is 1. The Kier molecular flexibility index (Phi) is 5.26. The smallest absolute Gasteiger partial charge is 0.245 e. The molecular weight excluding hydrogens is 324 g/mol. The van der Waals surface area contributed by atoms with Gasteiger partial charge in [0.1, 0.15) is 11.8 Å². The molecule has 3 rings (SSSR count). The Hall–Kier alpha value is -2.20. The molecule has 2 aromatic carbocycles. The Morgan fingerprint density at radius 3 is 2.79 bits per heavy atom. The highest BCUT2D eigenvalue weighted by Gasteiger charge is 2.29. The van der Waals surface area contributed by atoms with Crippen LogP contribution >= 0.6 is 11.6 Å². The van der Waals surface area contributed by atoms with Crippen molar-refractivity contribution in [2.75, 3.05) is 19.0 Å². The fourth-order valence-corrected chi connectivity index (χ4v) is 3.19. The molecule has 1 unspecified atom stereocenters. The normalized spacial score (nSPS) is 17.7. The number of methoxy groups -OCH3 is 1. The van der Waals surface area contributed by atoms with Gasteiger partial charge in [-0.1, -0.05) is 41.9 Å². The third kappa shape index (κ3) is 3.82. The third-order valence-electron chi connectivity index (χ3n) is 4.24. The Bertz CT molecular complexity index is 706. The van der Waals surface area contributed by atoms with Crippen LogP contribution in [0.15, 0.2) is 48.5 Å². The lowest BCUT2D eigenvalue weighted by Crippen LogP contribution is -2.47. The van der Waals surface area contributed by atoms with Crippen LogP contribution in [0.3, 0.4) is 0 Å². The van der Waals surface area contributed by atoms with Crippen molar-refractivity contribution in [3.05, 3.63) is 59.1 Å². The Morgan fingerprint density at radius 2 is 2.04 bits per heavy atom. The molecule has 1 heterocycles. The van der Waals surface area contributed by atoms with Crippen molar-refractivity contribution < 1.29 is 9.53 Å². The highest BCUT2D eigenvalue weighted by molar-refractivity contribution is 6.30. The predicted molar refractivity (Wildman–Crippen MR) is 96.5 cm³/mol. The van der Waals surface area contributed by atoms with Crippen LogP contribution in [0.5, 0.6) is 5.75 Å². The van der Waals surface area contributed by atoms with Crippen molar-refractivity contribution in [1.82, 2.24) is 4.90 Å². The van der Waals surface area contributed by atoms with Crippen LogP contribution in [0.25, 0.3) is 0 Å². The molecule has 1 amide bonds. The number of amides is 1. The van der Waals surface area contributed by atoms with E-state index in [0.29, 0.717) is 17.3 Å². The maximum atomic E-state index is 12.8. The van der Waals surface area contributed by atoms with Crippen LogP contribution < -0.4 is 10.1 Å². The van der Waals surface area contributed by atoms with E-state index in [-0.39, 0.29) is 11.9 Å². The molecule has 1 atom stereocenters. The van der Waals surface area contributed by atoms with Crippen LogP contribution in [0, 0.1) is 0 Å². The van der Waals surface area contributed by atoms with Crippen LogP contribution in [-0.2, 0) is 11.3 Å². The van der Waals surface area contributed by atoms with Gasteiger partial charge in [0.05, 0.1) is 12.8 Å². The largest absolute Gasteiger partial charge is 0.495 e. The van der Waals surface area contributed by atoms with Gasteiger partial charge in [-0.15, -0.1) is 0 Å². The van der Waals surface area contributed by atoms with Gasteiger partial charge >= 0.3 is 0 Å². The summed E-state index contributed by atoms with van der Waals surface area (Å²) < 4.78 is 5.35. The topological polar surface area (TPSA) is 41.6 Å². The standard InChI is InChI=1S/C19H21ClN2O2/c1-24-18-10-9-15(20)12-17(18)21-16-8-5-11-22(19(16)23)13-14-6-3-2-4-7-14/h2-4,6-7,9-10,12,16,21H,5,8,11,13H2,1H3. The molecule has 1 aliphatic rings. The first-order valence-electron chi connectivity index (χ1n) is 8.10. The Balaban J connectivity index is 1.72. The van der Waals surface area contributed by atoms with E-state index in [4.69, 9.17) is 16.3 Å². The molecule has 0 aliphatic carbocycles. The van der Waals surface area contributed by atoms with Crippen molar-refractivity contribution in [2.24, 2.45) is 0 Å². The molecule has 5 heteroatoms. The van der Waals surface area contributed by atoms with Crippen molar-refractivity contribution in [1.29, 1.82) is 0 Å². The summed E-state index contributed by atoms with van der Waals surface area (Å²) in [5.41, 5.74) is 1.90. The van der Waals surface area contributed by atoms with E-state index in [1.165, 1.54) is 0 Å². The molecule has 24 heavy (non-hydrogen) atoms. The zero-order chi connectivity index (χ0) is 16.9. The monoisotopic (exact) mass is 344 g/mol. The number of likely N-dealkylation sites (tertiary alicyclic amines) is 1. The fraction of sp³-hybridized carbons (Fsp3) is 0.316. The van der Waals surface area contributed by atoms with Gasteiger partial charge in [0.2, 0.25) is 5.91 Å². The number of nitrogens with zero attached hydrogens (tertiary/aromatic N) is 1. The van der Waals surface area contributed by atoms with E-state index >= 15 is 0 Å². The SMILES string of the molecule is COc1ccc(Cl)cc1NC1CCCN(Cc2ccccc2)C1=O. The molecule has 1 fully saturated rings. The van der Waals surface area contributed by atoms with E-state index in [2.05, 4.69) is 5.32 Å². The molecule has 0 bridgehead atoms. The number of carbonyl (C=O) groups excluding carboxylic acids is 1. The van der Waals surface area contributed by atoms with Gasteiger partial charge in [0.15, 0.2) is 0 Å². The van der Waals surface area contributed by atoms with Crippen molar-refractivity contribution in [3.63, 3.8) is 0 Å². The molecule has 0 aromatic heterocycles. The minimum absolute atomic E-state index is 0.118. The molecule has 2 aromatic rings. The molecule has 4 nitrogen and oxygen atoms in total. The lowest BCUT2D eigenvalue weighted by Gasteiger charge is -2.33. The quantitative estimate of drug-likeness (QED) is 0.892. The number of nitrogens with one attached hydrogen (secondary N) is 1. The van der Waals surface area contributed by atoms with Gasteiger partial charge in [-0.2, -0.15) is 0 Å². The van der Waals surface area contributed by atoms with Crippen LogP contribution in [-0.4, -0.2) is 30.5 Å². The lowest BCUT2D eigenvalue weighted by molar-refractivity contribution is -0.134. The highest BCUT2D eigenvalue weighted by Crippen LogP contribution is 2.30. The summed E-state index contributed by atoms with van der Waals surface area (Å²) in [6, 6.07) is 15.2. The average Bonchev–Trinajstić information content (AvgIpc) is 2.60. The fourth-order valence-electron chi connectivity index (χ4n) is 3.02. The summed E-state index contributed by atoms with van der Waals surface area (Å²) in [4.78, 5) is 14.7. The van der Waals surface area contributed by atoms with Crippen LogP contribution in [0.2, 0.25) is 5.02 Å². The number of benzene rings is 2.